The number of furan rings is 1. The van der Waals surface area contributed by atoms with E-state index in [0.717, 1.165) is 62.3 Å². The highest BCUT2D eigenvalue weighted by Gasteiger charge is 2.17. The minimum atomic E-state index is 0.186. The lowest BCUT2D eigenvalue weighted by Gasteiger charge is -2.16. The lowest BCUT2D eigenvalue weighted by Crippen LogP contribution is -2.10. The first-order valence-electron chi connectivity index (χ1n) is 10.3. The fourth-order valence-corrected chi connectivity index (χ4v) is 4.33. The summed E-state index contributed by atoms with van der Waals surface area (Å²) in [7, 11) is 2.05. The number of fused-ring (bicyclic) bond motifs is 4. The summed E-state index contributed by atoms with van der Waals surface area (Å²) in [5.41, 5.74) is 7.87. The normalized spacial score (nSPS) is 12.5. The Morgan fingerprint density at radius 3 is 2.50 bits per heavy atom. The van der Waals surface area contributed by atoms with E-state index in [2.05, 4.69) is 54.6 Å². The number of aromatic nitrogens is 4. The molecule has 5 heteroatoms. The van der Waals surface area contributed by atoms with Crippen LogP contribution < -0.4 is 0 Å². The summed E-state index contributed by atoms with van der Waals surface area (Å²) in [6, 6.07) is 12.5. The molecule has 152 valence electrons. The topological polar surface area (TPSA) is 56.7 Å². The zero-order valence-corrected chi connectivity index (χ0v) is 18.4. The third kappa shape index (κ3) is 3.05. The average Bonchev–Trinajstić information content (AvgIpc) is 3.16. The third-order valence-electron chi connectivity index (χ3n) is 5.52. The van der Waals surface area contributed by atoms with Gasteiger partial charge in [-0.15, -0.1) is 0 Å². The molecule has 0 radical (unpaired) electrons. The van der Waals surface area contributed by atoms with Crippen molar-refractivity contribution >= 4 is 33.1 Å². The van der Waals surface area contributed by atoms with Gasteiger partial charge in [-0.1, -0.05) is 20.8 Å². The molecule has 0 N–H and O–H groups in total. The van der Waals surface area contributed by atoms with Gasteiger partial charge in [-0.05, 0) is 62.1 Å². The van der Waals surface area contributed by atoms with Crippen molar-refractivity contribution in [2.24, 2.45) is 12.5 Å². The van der Waals surface area contributed by atoms with Gasteiger partial charge < -0.3 is 8.98 Å². The van der Waals surface area contributed by atoms with Crippen molar-refractivity contribution < 1.29 is 4.42 Å². The predicted molar refractivity (Wildman–Crippen MR) is 122 cm³/mol. The number of pyridine rings is 2. The van der Waals surface area contributed by atoms with Crippen molar-refractivity contribution in [1.82, 2.24) is 19.5 Å². The quantitative estimate of drug-likeness (QED) is 0.359. The zero-order chi connectivity index (χ0) is 21.2. The lowest BCUT2D eigenvalue weighted by atomic mass is 9.90. The Hall–Kier alpha value is -3.21. The van der Waals surface area contributed by atoms with E-state index in [1.165, 1.54) is 0 Å². The van der Waals surface area contributed by atoms with Gasteiger partial charge in [0.05, 0.1) is 16.7 Å². The lowest BCUT2D eigenvalue weighted by molar-refractivity contribution is 0.406. The Morgan fingerprint density at radius 2 is 1.73 bits per heavy atom. The van der Waals surface area contributed by atoms with Crippen LogP contribution in [0.1, 0.15) is 37.9 Å². The second-order valence-corrected chi connectivity index (χ2v) is 9.42. The van der Waals surface area contributed by atoms with Gasteiger partial charge in [-0.2, -0.15) is 0 Å². The van der Waals surface area contributed by atoms with Gasteiger partial charge in [0.2, 0.25) is 5.71 Å². The zero-order valence-electron chi connectivity index (χ0n) is 18.4. The summed E-state index contributed by atoms with van der Waals surface area (Å²) in [5.74, 6) is 0.925. The van der Waals surface area contributed by atoms with Crippen LogP contribution in [-0.4, -0.2) is 19.5 Å². The van der Waals surface area contributed by atoms with Crippen molar-refractivity contribution in [3.63, 3.8) is 0 Å². The van der Waals surface area contributed by atoms with Crippen molar-refractivity contribution in [3.8, 4) is 11.4 Å². The fraction of sp³-hybridized carbons (Fsp3) is 0.320. The number of aryl methyl sites for hydroxylation is 3. The van der Waals surface area contributed by atoms with Crippen molar-refractivity contribution in [1.29, 1.82) is 0 Å². The Morgan fingerprint density at radius 1 is 0.933 bits per heavy atom. The first kappa shape index (κ1) is 18.8. The smallest absolute Gasteiger partial charge is 0.227 e. The van der Waals surface area contributed by atoms with Crippen molar-refractivity contribution in [3.05, 3.63) is 53.5 Å². The number of nitrogens with zero attached hydrogens (tertiary/aromatic N) is 4. The number of hydrogen-bond donors (Lipinski definition) is 0. The molecule has 0 atom stereocenters. The Balaban J connectivity index is 1.66. The molecule has 1 aromatic carbocycles. The summed E-state index contributed by atoms with van der Waals surface area (Å²) in [6.45, 7) is 10.7. The Labute approximate surface area is 175 Å². The highest BCUT2D eigenvalue weighted by Crippen LogP contribution is 2.33. The van der Waals surface area contributed by atoms with E-state index >= 15 is 0 Å². The van der Waals surface area contributed by atoms with E-state index in [-0.39, 0.29) is 5.41 Å². The molecule has 0 saturated heterocycles. The number of rotatable bonds is 2. The van der Waals surface area contributed by atoms with E-state index in [0.29, 0.717) is 5.71 Å². The van der Waals surface area contributed by atoms with Gasteiger partial charge in [0.1, 0.15) is 11.4 Å². The van der Waals surface area contributed by atoms with E-state index in [1.807, 2.05) is 33.0 Å². The molecule has 5 aromatic rings. The minimum Gasteiger partial charge on any atom is -0.438 e. The van der Waals surface area contributed by atoms with Crippen LogP contribution >= 0.6 is 0 Å². The summed E-state index contributed by atoms with van der Waals surface area (Å²) in [4.78, 5) is 14.3. The maximum absolute atomic E-state index is 6.07. The molecule has 0 saturated carbocycles. The maximum Gasteiger partial charge on any atom is 0.227 e. The second kappa shape index (κ2) is 6.39. The maximum atomic E-state index is 6.07. The third-order valence-corrected chi connectivity index (χ3v) is 5.52. The molecule has 0 aliphatic carbocycles. The Bertz CT molecular complexity index is 1430. The molecular weight excluding hydrogens is 372 g/mol. The fourth-order valence-electron chi connectivity index (χ4n) is 4.33. The van der Waals surface area contributed by atoms with Gasteiger partial charge in [0.15, 0.2) is 0 Å². The largest absolute Gasteiger partial charge is 0.438 e. The monoisotopic (exact) mass is 398 g/mol. The molecule has 0 unspecified atom stereocenters. The minimum absolute atomic E-state index is 0.186. The molecule has 5 nitrogen and oxygen atoms in total. The number of hydrogen-bond acceptors (Lipinski definition) is 4. The first-order valence-corrected chi connectivity index (χ1v) is 10.3. The molecule has 0 aliphatic rings. The molecule has 4 heterocycles. The van der Waals surface area contributed by atoms with Gasteiger partial charge in [-0.3, -0.25) is 4.98 Å². The molecule has 0 bridgehead atoms. The molecule has 4 aromatic heterocycles. The van der Waals surface area contributed by atoms with Gasteiger partial charge in [-0.25, -0.2) is 9.97 Å². The number of imidazole rings is 1. The average molecular weight is 399 g/mol. The van der Waals surface area contributed by atoms with E-state index in [4.69, 9.17) is 14.4 Å². The van der Waals surface area contributed by atoms with E-state index < -0.39 is 0 Å². The Kier molecular flexibility index (Phi) is 4.01. The van der Waals surface area contributed by atoms with Crippen LogP contribution in [0.25, 0.3) is 44.5 Å². The highest BCUT2D eigenvalue weighted by atomic mass is 16.3. The van der Waals surface area contributed by atoms with Gasteiger partial charge in [0.25, 0.3) is 0 Å². The van der Waals surface area contributed by atoms with Gasteiger partial charge >= 0.3 is 0 Å². The summed E-state index contributed by atoms with van der Waals surface area (Å²) in [6.07, 6.45) is 0.915. The standard InChI is InChI=1S/C25H26N4O/c1-14-11-20-22(15(2)26-14)29(6)23(28-20)16-7-10-21-19(12-16)18-9-8-17(13-25(3,4)5)27-24(18)30-21/h7-12H,13H2,1-6H3. The molecule has 5 rings (SSSR count). The van der Waals surface area contributed by atoms with Crippen LogP contribution in [0.4, 0.5) is 0 Å². The van der Waals surface area contributed by atoms with Crippen LogP contribution in [-0.2, 0) is 13.5 Å². The van der Waals surface area contributed by atoms with Crippen LogP contribution in [0.2, 0.25) is 0 Å². The summed E-state index contributed by atoms with van der Waals surface area (Å²) >= 11 is 0. The van der Waals surface area contributed by atoms with E-state index in [1.54, 1.807) is 0 Å². The molecule has 0 amide bonds. The second-order valence-electron chi connectivity index (χ2n) is 9.42. The van der Waals surface area contributed by atoms with E-state index in [9.17, 15) is 0 Å². The van der Waals surface area contributed by atoms with Crippen LogP contribution in [0.3, 0.4) is 0 Å². The summed E-state index contributed by atoms with van der Waals surface area (Å²) < 4.78 is 8.20. The SMILES string of the molecule is Cc1cc2nc(-c3ccc4oc5nc(CC(C)(C)C)ccc5c4c3)n(C)c2c(C)n1. The van der Waals surface area contributed by atoms with Crippen LogP contribution in [0.5, 0.6) is 0 Å². The predicted octanol–water partition coefficient (Wildman–Crippen LogP) is 6.14. The van der Waals surface area contributed by atoms with Crippen molar-refractivity contribution in [2.75, 3.05) is 0 Å². The molecule has 0 fully saturated rings. The molecule has 30 heavy (non-hydrogen) atoms. The van der Waals surface area contributed by atoms with Crippen LogP contribution in [0, 0.1) is 19.3 Å². The molecule has 0 spiro atoms. The molecular formula is C25H26N4O. The first-order chi connectivity index (χ1) is 14.2. The van der Waals surface area contributed by atoms with Crippen LogP contribution in [0.15, 0.2) is 40.8 Å². The van der Waals surface area contributed by atoms with Gasteiger partial charge in [0, 0.05) is 34.8 Å². The highest BCUT2D eigenvalue weighted by molar-refractivity contribution is 6.05. The molecule has 0 aliphatic heterocycles. The van der Waals surface area contributed by atoms with Crippen molar-refractivity contribution in [2.45, 2.75) is 41.0 Å². The number of benzene rings is 1. The summed E-state index contributed by atoms with van der Waals surface area (Å²) in [5, 5.41) is 2.10.